The normalized spacial score (nSPS) is 17.2. The molecule has 1 atom stereocenters. The topological polar surface area (TPSA) is 42.4 Å². The summed E-state index contributed by atoms with van der Waals surface area (Å²) in [5, 5.41) is 10.5. The van der Waals surface area contributed by atoms with Crippen molar-refractivity contribution in [3.8, 4) is 5.75 Å². The average molecular weight is 290 g/mol. The van der Waals surface area contributed by atoms with Gasteiger partial charge in [0, 0.05) is 11.1 Å². The maximum Gasteiger partial charge on any atom is 0.142 e. The fourth-order valence-corrected chi connectivity index (χ4v) is 3.00. The van der Waals surface area contributed by atoms with Gasteiger partial charge in [-0.05, 0) is 25.3 Å². The van der Waals surface area contributed by atoms with Crippen LogP contribution in [0.3, 0.4) is 0 Å². The monoisotopic (exact) mass is 289 g/mol. The number of ether oxygens (including phenoxy) is 1. The van der Waals surface area contributed by atoms with Crippen LogP contribution in [0, 0.1) is 6.92 Å². The van der Waals surface area contributed by atoms with Crippen LogP contribution >= 0.6 is 11.6 Å². The number of rotatable bonds is 3. The summed E-state index contributed by atoms with van der Waals surface area (Å²) in [7, 11) is 0. The van der Waals surface area contributed by atoms with Crippen LogP contribution in [-0.4, -0.2) is 10.1 Å². The molecule has 2 aromatic rings. The van der Waals surface area contributed by atoms with E-state index in [0.29, 0.717) is 17.5 Å². The second kappa shape index (κ2) is 5.43. The van der Waals surface area contributed by atoms with E-state index in [4.69, 9.17) is 16.3 Å². The molecule has 0 spiro atoms. The molecule has 0 bridgehead atoms. The second-order valence-electron chi connectivity index (χ2n) is 5.05. The molecule has 0 saturated carbocycles. The van der Waals surface area contributed by atoms with E-state index in [1.165, 1.54) is 5.56 Å². The Labute approximate surface area is 123 Å². The first kappa shape index (κ1) is 13.4. The molecule has 3 rings (SSSR count). The predicted molar refractivity (Wildman–Crippen MR) is 77.9 cm³/mol. The van der Waals surface area contributed by atoms with Crippen molar-refractivity contribution in [2.75, 3.05) is 0 Å². The first-order chi connectivity index (χ1) is 9.66. The predicted octanol–water partition coefficient (Wildman–Crippen LogP) is 3.95. The lowest BCUT2D eigenvalue weighted by Crippen LogP contribution is -2.01. The molecule has 1 aromatic heterocycles. The van der Waals surface area contributed by atoms with E-state index in [0.717, 1.165) is 24.0 Å². The van der Waals surface area contributed by atoms with Gasteiger partial charge in [-0.25, -0.2) is 4.98 Å². The molecule has 0 aliphatic carbocycles. The Morgan fingerprint density at radius 1 is 1.35 bits per heavy atom. The van der Waals surface area contributed by atoms with Crippen molar-refractivity contribution in [1.29, 1.82) is 0 Å². The number of aryl methyl sites for hydroxylation is 2. The average Bonchev–Trinajstić information content (AvgIpc) is 2.88. The molecule has 4 heteroatoms. The summed E-state index contributed by atoms with van der Waals surface area (Å²) in [6, 6.07) is 10.3. The van der Waals surface area contributed by atoms with Gasteiger partial charge in [-0.1, -0.05) is 41.9 Å². The molecule has 0 saturated heterocycles. The van der Waals surface area contributed by atoms with Crippen LogP contribution in [0.2, 0.25) is 5.15 Å². The molecule has 1 N–H and O–H groups in total. The molecule has 1 aliphatic heterocycles. The number of hydrogen-bond donors (Lipinski definition) is 1. The third-order valence-electron chi connectivity index (χ3n) is 3.73. The largest absolute Gasteiger partial charge is 0.506 e. The van der Waals surface area contributed by atoms with Gasteiger partial charge in [-0.3, -0.25) is 0 Å². The number of fused-ring (bicyclic) bond motifs is 1. The van der Waals surface area contributed by atoms with E-state index in [2.05, 4.69) is 17.1 Å². The van der Waals surface area contributed by atoms with Gasteiger partial charge in [0.05, 0.1) is 18.4 Å². The van der Waals surface area contributed by atoms with Gasteiger partial charge in [0.15, 0.2) is 0 Å². The second-order valence-corrected chi connectivity index (χ2v) is 5.41. The molecule has 3 nitrogen and oxygen atoms in total. The highest BCUT2D eigenvalue weighted by atomic mass is 35.5. The highest BCUT2D eigenvalue weighted by Gasteiger charge is 2.30. The minimum atomic E-state index is -0.0864. The lowest BCUT2D eigenvalue weighted by Gasteiger charge is -2.13. The molecule has 1 aliphatic rings. The zero-order valence-corrected chi connectivity index (χ0v) is 12.0. The van der Waals surface area contributed by atoms with Crippen LogP contribution in [0.15, 0.2) is 30.3 Å². The zero-order chi connectivity index (χ0) is 14.1. The molecule has 20 heavy (non-hydrogen) atoms. The Bertz CT molecular complexity index is 628. The molecule has 2 heterocycles. The summed E-state index contributed by atoms with van der Waals surface area (Å²) < 4.78 is 5.78. The number of benzene rings is 1. The quantitative estimate of drug-likeness (QED) is 0.870. The first-order valence-corrected chi connectivity index (χ1v) is 7.08. The number of pyridine rings is 1. The Kier molecular flexibility index (Phi) is 3.64. The number of hydrogen-bond acceptors (Lipinski definition) is 3. The van der Waals surface area contributed by atoms with Crippen molar-refractivity contribution in [3.63, 3.8) is 0 Å². The van der Waals surface area contributed by atoms with Crippen molar-refractivity contribution >= 4 is 11.6 Å². The maximum atomic E-state index is 10.0. The third kappa shape index (κ3) is 2.39. The van der Waals surface area contributed by atoms with E-state index < -0.39 is 0 Å². The van der Waals surface area contributed by atoms with Crippen molar-refractivity contribution < 1.29 is 9.84 Å². The van der Waals surface area contributed by atoms with Crippen LogP contribution in [0.4, 0.5) is 0 Å². The Morgan fingerprint density at radius 2 is 2.10 bits per heavy atom. The van der Waals surface area contributed by atoms with Gasteiger partial charge >= 0.3 is 0 Å². The zero-order valence-electron chi connectivity index (χ0n) is 11.3. The van der Waals surface area contributed by atoms with Gasteiger partial charge in [0.2, 0.25) is 0 Å². The van der Waals surface area contributed by atoms with Gasteiger partial charge < -0.3 is 9.84 Å². The van der Waals surface area contributed by atoms with Crippen molar-refractivity contribution in [3.05, 3.63) is 57.9 Å². The van der Waals surface area contributed by atoms with Crippen molar-refractivity contribution in [2.45, 2.75) is 32.5 Å². The van der Waals surface area contributed by atoms with E-state index >= 15 is 0 Å². The molecule has 0 amide bonds. The van der Waals surface area contributed by atoms with E-state index in [1.807, 2.05) is 18.2 Å². The van der Waals surface area contributed by atoms with Crippen LogP contribution in [0.1, 0.15) is 34.9 Å². The molecule has 1 aromatic carbocycles. The van der Waals surface area contributed by atoms with Gasteiger partial charge in [0.25, 0.3) is 0 Å². The van der Waals surface area contributed by atoms with Crippen molar-refractivity contribution in [2.24, 2.45) is 0 Å². The molecule has 0 fully saturated rings. The molecular formula is C16H16ClNO2. The van der Waals surface area contributed by atoms with Gasteiger partial charge in [-0.2, -0.15) is 0 Å². The number of nitrogens with zero attached hydrogens (tertiary/aromatic N) is 1. The smallest absolute Gasteiger partial charge is 0.142 e. The summed E-state index contributed by atoms with van der Waals surface area (Å²) in [4.78, 5) is 4.19. The fraction of sp³-hybridized carbons (Fsp3) is 0.312. The van der Waals surface area contributed by atoms with Crippen LogP contribution in [-0.2, 0) is 17.8 Å². The molecule has 1 unspecified atom stereocenters. The SMILES string of the molecule is Cc1nc(Cl)c2c(c1O)COC2CCc1ccccc1. The standard InChI is InChI=1S/C16H16ClNO2/c1-10-15(19)12-9-20-13(14(12)16(17)18-10)8-7-11-5-3-2-4-6-11/h2-6,13,19H,7-9H2,1H3. The van der Waals surface area contributed by atoms with Gasteiger partial charge in [0.1, 0.15) is 10.9 Å². The van der Waals surface area contributed by atoms with Crippen LogP contribution in [0.25, 0.3) is 0 Å². The molecule has 104 valence electrons. The number of halogens is 1. The van der Waals surface area contributed by atoms with E-state index in [1.54, 1.807) is 6.92 Å². The highest BCUT2D eigenvalue weighted by molar-refractivity contribution is 6.30. The lowest BCUT2D eigenvalue weighted by atomic mass is 10.00. The molecule has 0 radical (unpaired) electrons. The lowest BCUT2D eigenvalue weighted by molar-refractivity contribution is 0.0599. The van der Waals surface area contributed by atoms with Crippen LogP contribution < -0.4 is 0 Å². The summed E-state index contributed by atoms with van der Waals surface area (Å²) in [6.07, 6.45) is 1.66. The number of aromatic nitrogens is 1. The number of aromatic hydroxyl groups is 1. The van der Waals surface area contributed by atoms with Gasteiger partial charge in [-0.15, -0.1) is 0 Å². The van der Waals surface area contributed by atoms with Crippen LogP contribution in [0.5, 0.6) is 5.75 Å². The Morgan fingerprint density at radius 3 is 2.85 bits per heavy atom. The minimum Gasteiger partial charge on any atom is -0.506 e. The van der Waals surface area contributed by atoms with Crippen molar-refractivity contribution in [1.82, 2.24) is 4.98 Å². The van der Waals surface area contributed by atoms with E-state index in [-0.39, 0.29) is 11.9 Å². The fourth-order valence-electron chi connectivity index (χ4n) is 2.64. The summed E-state index contributed by atoms with van der Waals surface area (Å²) >= 11 is 6.22. The summed E-state index contributed by atoms with van der Waals surface area (Å²) in [6.45, 7) is 2.16. The first-order valence-electron chi connectivity index (χ1n) is 6.70. The highest BCUT2D eigenvalue weighted by Crippen LogP contribution is 2.42. The minimum absolute atomic E-state index is 0.0864. The summed E-state index contributed by atoms with van der Waals surface area (Å²) in [5.74, 6) is 0.214. The Hall–Kier alpha value is -1.58. The summed E-state index contributed by atoms with van der Waals surface area (Å²) in [5.41, 5.74) is 3.47. The van der Waals surface area contributed by atoms with E-state index in [9.17, 15) is 5.11 Å². The third-order valence-corrected chi connectivity index (χ3v) is 4.02. The molecular weight excluding hydrogens is 274 g/mol. The maximum absolute atomic E-state index is 10.0. The Balaban J connectivity index is 1.81.